The van der Waals surface area contributed by atoms with Crippen molar-refractivity contribution in [2.75, 3.05) is 6.61 Å². The lowest BCUT2D eigenvalue weighted by molar-refractivity contribution is 0.160. The van der Waals surface area contributed by atoms with Gasteiger partial charge in [-0.1, -0.05) is 60.7 Å². The number of hydrogen-bond acceptors (Lipinski definition) is 3. The second kappa shape index (κ2) is 6.74. The highest BCUT2D eigenvalue weighted by Crippen LogP contribution is 2.38. The molecule has 0 aromatic heterocycles. The van der Waals surface area contributed by atoms with Crippen LogP contribution in [-0.2, 0) is 4.74 Å². The van der Waals surface area contributed by atoms with E-state index < -0.39 is 0 Å². The molecule has 0 aliphatic carbocycles. The van der Waals surface area contributed by atoms with Gasteiger partial charge in [0.2, 0.25) is 0 Å². The molecule has 3 heteroatoms. The van der Waals surface area contributed by atoms with Crippen LogP contribution in [0, 0.1) is 0 Å². The quantitative estimate of drug-likeness (QED) is 0.763. The topological polar surface area (TPSA) is 21.6 Å². The van der Waals surface area contributed by atoms with Gasteiger partial charge in [0.1, 0.15) is 0 Å². The molecule has 1 atom stereocenters. The zero-order valence-electron chi connectivity index (χ0n) is 11.9. The van der Waals surface area contributed by atoms with Gasteiger partial charge in [0.25, 0.3) is 0 Å². The summed E-state index contributed by atoms with van der Waals surface area (Å²) in [5.74, 6) is 0. The van der Waals surface area contributed by atoms with E-state index in [9.17, 15) is 0 Å². The number of ether oxygens (including phenoxy) is 1. The standard InChI is InChI=1S/C18H17NOS/c1-2-20-18-17(15-11-7-4-8-12-15)16(13-19-21-18)14-9-5-3-6-10-14/h3-13,18H,2H2,1H3. The van der Waals surface area contributed by atoms with Crippen LogP contribution < -0.4 is 0 Å². The van der Waals surface area contributed by atoms with Gasteiger partial charge in [-0.05, 0) is 18.1 Å². The van der Waals surface area contributed by atoms with Crippen LogP contribution in [0.2, 0.25) is 0 Å². The predicted molar refractivity (Wildman–Crippen MR) is 91.2 cm³/mol. The molecular weight excluding hydrogens is 278 g/mol. The van der Waals surface area contributed by atoms with Crippen LogP contribution in [0.15, 0.2) is 65.1 Å². The molecule has 1 aliphatic heterocycles. The van der Waals surface area contributed by atoms with Crippen molar-refractivity contribution in [2.45, 2.75) is 12.4 Å². The van der Waals surface area contributed by atoms with E-state index in [4.69, 9.17) is 4.74 Å². The zero-order valence-corrected chi connectivity index (χ0v) is 12.7. The molecule has 0 N–H and O–H groups in total. The van der Waals surface area contributed by atoms with Gasteiger partial charge in [0, 0.05) is 35.9 Å². The Morgan fingerprint density at radius 2 is 1.57 bits per heavy atom. The van der Waals surface area contributed by atoms with Crippen LogP contribution in [0.1, 0.15) is 18.1 Å². The van der Waals surface area contributed by atoms with Crippen molar-refractivity contribution in [2.24, 2.45) is 4.40 Å². The number of allylic oxidation sites excluding steroid dienone is 1. The minimum Gasteiger partial charge on any atom is -0.361 e. The van der Waals surface area contributed by atoms with Gasteiger partial charge >= 0.3 is 0 Å². The van der Waals surface area contributed by atoms with Crippen LogP contribution in [0.3, 0.4) is 0 Å². The van der Waals surface area contributed by atoms with Crippen molar-refractivity contribution in [1.29, 1.82) is 0 Å². The van der Waals surface area contributed by atoms with Crippen LogP contribution in [-0.4, -0.2) is 18.3 Å². The number of hydrogen-bond donors (Lipinski definition) is 0. The molecule has 0 fully saturated rings. The lowest BCUT2D eigenvalue weighted by Gasteiger charge is -2.24. The van der Waals surface area contributed by atoms with Gasteiger partial charge in [-0.2, -0.15) is 0 Å². The number of benzene rings is 2. The van der Waals surface area contributed by atoms with E-state index >= 15 is 0 Å². The first-order valence-corrected chi connectivity index (χ1v) is 7.89. The third kappa shape index (κ3) is 3.09. The fourth-order valence-corrected chi connectivity index (χ4v) is 3.25. The highest BCUT2D eigenvalue weighted by Gasteiger charge is 2.24. The van der Waals surface area contributed by atoms with E-state index in [-0.39, 0.29) is 5.44 Å². The van der Waals surface area contributed by atoms with Gasteiger partial charge in [0.05, 0.1) is 0 Å². The summed E-state index contributed by atoms with van der Waals surface area (Å²) in [4.78, 5) is 0. The smallest absolute Gasteiger partial charge is 0.150 e. The van der Waals surface area contributed by atoms with Gasteiger partial charge in [-0.3, -0.25) is 0 Å². The van der Waals surface area contributed by atoms with Gasteiger partial charge in [0.15, 0.2) is 5.44 Å². The largest absolute Gasteiger partial charge is 0.361 e. The van der Waals surface area contributed by atoms with Gasteiger partial charge < -0.3 is 4.74 Å². The molecule has 21 heavy (non-hydrogen) atoms. The van der Waals surface area contributed by atoms with Crippen molar-refractivity contribution in [1.82, 2.24) is 0 Å². The SMILES string of the molecule is CCOC1SN=CC(c2ccccc2)=C1c1ccccc1. The molecule has 0 saturated heterocycles. The molecule has 0 amide bonds. The molecule has 1 heterocycles. The second-order valence-electron chi connectivity index (χ2n) is 4.69. The summed E-state index contributed by atoms with van der Waals surface area (Å²) in [7, 11) is 0. The zero-order chi connectivity index (χ0) is 14.5. The molecule has 106 valence electrons. The van der Waals surface area contributed by atoms with E-state index in [1.165, 1.54) is 28.6 Å². The third-order valence-corrected chi connectivity index (χ3v) is 4.14. The minimum absolute atomic E-state index is 0.0578. The summed E-state index contributed by atoms with van der Waals surface area (Å²) in [6.07, 6.45) is 1.94. The Bertz CT molecular complexity index is 649. The van der Waals surface area contributed by atoms with Crippen molar-refractivity contribution >= 4 is 29.3 Å². The molecular formula is C18H17NOS. The van der Waals surface area contributed by atoms with E-state index in [0.29, 0.717) is 6.61 Å². The molecule has 2 aromatic rings. The summed E-state index contributed by atoms with van der Waals surface area (Å²) in [6.45, 7) is 2.69. The van der Waals surface area contributed by atoms with Gasteiger partial charge in [-0.15, -0.1) is 0 Å². The first kappa shape index (κ1) is 14.1. The van der Waals surface area contributed by atoms with Crippen LogP contribution in [0.25, 0.3) is 11.1 Å². The Labute approximate surface area is 129 Å². The maximum Gasteiger partial charge on any atom is 0.150 e. The van der Waals surface area contributed by atoms with Crippen molar-refractivity contribution in [3.8, 4) is 0 Å². The Kier molecular flexibility index (Phi) is 4.53. The van der Waals surface area contributed by atoms with Crippen LogP contribution in [0.5, 0.6) is 0 Å². The monoisotopic (exact) mass is 295 g/mol. The molecule has 2 nitrogen and oxygen atoms in total. The Hall–Kier alpha value is -1.84. The first-order valence-electron chi connectivity index (χ1n) is 7.06. The van der Waals surface area contributed by atoms with Crippen molar-refractivity contribution < 1.29 is 4.74 Å². The molecule has 0 spiro atoms. The maximum absolute atomic E-state index is 5.89. The van der Waals surface area contributed by atoms with Crippen molar-refractivity contribution in [3.05, 3.63) is 71.8 Å². The summed E-state index contributed by atoms with van der Waals surface area (Å²) in [5.41, 5.74) is 4.64. The normalized spacial score (nSPS) is 18.0. The van der Waals surface area contributed by atoms with Crippen LogP contribution >= 0.6 is 11.9 Å². The molecule has 2 aromatic carbocycles. The molecule has 1 aliphatic rings. The summed E-state index contributed by atoms with van der Waals surface area (Å²) in [6, 6.07) is 20.8. The lowest BCUT2D eigenvalue weighted by atomic mass is 9.95. The van der Waals surface area contributed by atoms with Crippen molar-refractivity contribution in [3.63, 3.8) is 0 Å². The van der Waals surface area contributed by atoms with E-state index in [0.717, 1.165) is 5.57 Å². The number of nitrogens with zero attached hydrogens (tertiary/aromatic N) is 1. The average Bonchev–Trinajstić information content (AvgIpc) is 2.56. The summed E-state index contributed by atoms with van der Waals surface area (Å²) in [5, 5.41) is 0. The highest BCUT2D eigenvalue weighted by molar-refractivity contribution is 7.99. The molecule has 3 rings (SSSR count). The summed E-state index contributed by atoms with van der Waals surface area (Å²) >= 11 is 1.48. The average molecular weight is 295 g/mol. The Morgan fingerprint density at radius 1 is 0.952 bits per heavy atom. The van der Waals surface area contributed by atoms with Gasteiger partial charge in [-0.25, -0.2) is 4.40 Å². The first-order chi connectivity index (χ1) is 10.4. The molecule has 1 unspecified atom stereocenters. The summed E-state index contributed by atoms with van der Waals surface area (Å²) < 4.78 is 10.3. The molecule has 0 radical (unpaired) electrons. The van der Waals surface area contributed by atoms with E-state index in [1.54, 1.807) is 0 Å². The molecule has 0 bridgehead atoms. The lowest BCUT2D eigenvalue weighted by Crippen LogP contribution is -2.15. The fourth-order valence-electron chi connectivity index (χ4n) is 2.41. The molecule has 0 saturated carbocycles. The highest BCUT2D eigenvalue weighted by atomic mass is 32.2. The van der Waals surface area contributed by atoms with Crippen LogP contribution in [0.4, 0.5) is 0 Å². The fraction of sp³-hybridized carbons (Fsp3) is 0.167. The second-order valence-corrected chi connectivity index (χ2v) is 5.54. The van der Waals surface area contributed by atoms with E-state index in [2.05, 4.69) is 52.9 Å². The Morgan fingerprint density at radius 3 is 2.19 bits per heavy atom. The third-order valence-electron chi connectivity index (χ3n) is 3.35. The maximum atomic E-state index is 5.89. The number of rotatable bonds is 4. The van der Waals surface area contributed by atoms with E-state index in [1.807, 2.05) is 25.3 Å². The predicted octanol–water partition coefficient (Wildman–Crippen LogP) is 4.69. The minimum atomic E-state index is -0.0578. The Balaban J connectivity index is 2.15.